The average molecular weight is 413 g/mol. The SMILES string of the molecule is COc1ccc(-c2cccc3c2c(C=C2Oc4cc(O)cc(O)c4C2=O)cn3C)cc1. The summed E-state index contributed by atoms with van der Waals surface area (Å²) in [6.45, 7) is 0. The third-order valence-electron chi connectivity index (χ3n) is 5.47. The van der Waals surface area contributed by atoms with Crippen molar-refractivity contribution >= 4 is 22.8 Å². The number of rotatable bonds is 3. The number of phenols is 2. The number of Topliss-reactive ketones (excluding diaryl/α,β-unsaturated/α-hetero) is 1. The highest BCUT2D eigenvalue weighted by atomic mass is 16.5. The van der Waals surface area contributed by atoms with E-state index in [-0.39, 0.29) is 28.6 Å². The average Bonchev–Trinajstić information content (AvgIpc) is 3.25. The molecule has 1 aromatic heterocycles. The van der Waals surface area contributed by atoms with Gasteiger partial charge in [-0.1, -0.05) is 24.3 Å². The number of aryl methyl sites for hydroxylation is 1. The van der Waals surface area contributed by atoms with E-state index in [0.29, 0.717) is 0 Å². The van der Waals surface area contributed by atoms with Crippen LogP contribution >= 0.6 is 0 Å². The number of phenolic OH excluding ortho intramolecular Hbond substituents is 2. The smallest absolute Gasteiger partial charge is 0.235 e. The lowest BCUT2D eigenvalue weighted by atomic mass is 9.98. The second-order valence-electron chi connectivity index (χ2n) is 7.40. The van der Waals surface area contributed by atoms with E-state index < -0.39 is 5.78 Å². The molecule has 0 aliphatic carbocycles. The summed E-state index contributed by atoms with van der Waals surface area (Å²) < 4.78 is 12.9. The van der Waals surface area contributed by atoms with E-state index in [1.807, 2.05) is 60.3 Å². The first-order valence-corrected chi connectivity index (χ1v) is 9.69. The predicted octanol–water partition coefficient (Wildman–Crippen LogP) is 4.88. The molecule has 154 valence electrons. The van der Waals surface area contributed by atoms with Crippen molar-refractivity contribution in [2.75, 3.05) is 7.11 Å². The number of aromatic nitrogens is 1. The maximum absolute atomic E-state index is 12.8. The Kier molecular flexibility index (Phi) is 4.22. The fourth-order valence-corrected chi connectivity index (χ4v) is 4.02. The zero-order chi connectivity index (χ0) is 21.7. The Morgan fingerprint density at radius 1 is 1.06 bits per heavy atom. The van der Waals surface area contributed by atoms with Gasteiger partial charge in [0.25, 0.3) is 0 Å². The van der Waals surface area contributed by atoms with Crippen molar-refractivity contribution in [1.82, 2.24) is 4.57 Å². The number of carbonyl (C=O) groups excluding carboxylic acids is 1. The lowest BCUT2D eigenvalue weighted by Crippen LogP contribution is -1.98. The molecule has 0 fully saturated rings. The molecular formula is C25H19NO5. The fraction of sp³-hybridized carbons (Fsp3) is 0.0800. The lowest BCUT2D eigenvalue weighted by Gasteiger charge is -2.07. The van der Waals surface area contributed by atoms with Gasteiger partial charge in [0.2, 0.25) is 5.78 Å². The number of carbonyl (C=O) groups is 1. The van der Waals surface area contributed by atoms with E-state index in [2.05, 4.69) is 0 Å². The Morgan fingerprint density at radius 2 is 1.84 bits per heavy atom. The molecule has 0 atom stereocenters. The number of hydrogen-bond donors (Lipinski definition) is 2. The molecule has 2 heterocycles. The van der Waals surface area contributed by atoms with E-state index in [0.717, 1.165) is 39.4 Å². The molecule has 2 N–H and O–H groups in total. The van der Waals surface area contributed by atoms with Crippen LogP contribution in [0.4, 0.5) is 0 Å². The zero-order valence-electron chi connectivity index (χ0n) is 16.9. The Labute approximate surface area is 178 Å². The monoisotopic (exact) mass is 413 g/mol. The Morgan fingerprint density at radius 3 is 2.58 bits per heavy atom. The Hall–Kier alpha value is -4.19. The van der Waals surface area contributed by atoms with Gasteiger partial charge in [-0.15, -0.1) is 0 Å². The third-order valence-corrected chi connectivity index (χ3v) is 5.47. The van der Waals surface area contributed by atoms with Crippen LogP contribution in [0.2, 0.25) is 0 Å². The molecule has 0 amide bonds. The molecule has 0 saturated carbocycles. The molecule has 0 saturated heterocycles. The van der Waals surface area contributed by atoms with E-state index >= 15 is 0 Å². The number of benzene rings is 3. The molecule has 1 aliphatic rings. The minimum Gasteiger partial charge on any atom is -0.508 e. The van der Waals surface area contributed by atoms with Crippen LogP contribution in [-0.2, 0) is 7.05 Å². The summed E-state index contributed by atoms with van der Waals surface area (Å²) >= 11 is 0. The highest BCUT2D eigenvalue weighted by Crippen LogP contribution is 2.41. The summed E-state index contributed by atoms with van der Waals surface area (Å²) in [7, 11) is 3.57. The predicted molar refractivity (Wildman–Crippen MR) is 118 cm³/mol. The highest BCUT2D eigenvalue weighted by Gasteiger charge is 2.31. The van der Waals surface area contributed by atoms with Crippen LogP contribution in [0.3, 0.4) is 0 Å². The van der Waals surface area contributed by atoms with E-state index in [9.17, 15) is 15.0 Å². The summed E-state index contributed by atoms with van der Waals surface area (Å²) in [4.78, 5) is 12.8. The molecule has 6 heteroatoms. The largest absolute Gasteiger partial charge is 0.508 e. The van der Waals surface area contributed by atoms with Gasteiger partial charge in [-0.05, 0) is 35.4 Å². The number of ketones is 1. The second-order valence-corrected chi connectivity index (χ2v) is 7.40. The summed E-state index contributed by atoms with van der Waals surface area (Å²) in [6, 6.07) is 16.3. The van der Waals surface area contributed by atoms with Gasteiger partial charge in [0.1, 0.15) is 28.6 Å². The molecule has 4 aromatic rings. The van der Waals surface area contributed by atoms with Gasteiger partial charge < -0.3 is 24.3 Å². The van der Waals surface area contributed by atoms with Crippen molar-refractivity contribution in [2.45, 2.75) is 0 Å². The van der Waals surface area contributed by atoms with Crippen LogP contribution in [0.5, 0.6) is 23.0 Å². The number of aromatic hydroxyl groups is 2. The van der Waals surface area contributed by atoms with Crippen LogP contribution in [-0.4, -0.2) is 27.7 Å². The lowest BCUT2D eigenvalue weighted by molar-refractivity contribution is 0.101. The minimum absolute atomic E-state index is 0.0552. The molecule has 3 aromatic carbocycles. The first-order chi connectivity index (χ1) is 15.0. The quantitative estimate of drug-likeness (QED) is 0.468. The molecule has 0 radical (unpaired) electrons. The van der Waals surface area contributed by atoms with E-state index in [1.165, 1.54) is 6.07 Å². The van der Waals surface area contributed by atoms with Crippen LogP contribution < -0.4 is 9.47 Å². The summed E-state index contributed by atoms with van der Waals surface area (Å²) in [5.41, 5.74) is 3.89. The molecule has 6 nitrogen and oxygen atoms in total. The first kappa shape index (κ1) is 18.8. The van der Waals surface area contributed by atoms with Crippen LogP contribution in [0, 0.1) is 0 Å². The number of nitrogens with zero attached hydrogens (tertiary/aromatic N) is 1. The first-order valence-electron chi connectivity index (χ1n) is 9.69. The Bertz CT molecular complexity index is 1380. The minimum atomic E-state index is -0.425. The molecule has 0 spiro atoms. The summed E-state index contributed by atoms with van der Waals surface area (Å²) in [5, 5.41) is 20.8. The van der Waals surface area contributed by atoms with Crippen molar-refractivity contribution < 1.29 is 24.5 Å². The number of methoxy groups -OCH3 is 1. The molecular weight excluding hydrogens is 394 g/mol. The molecule has 5 rings (SSSR count). The molecule has 0 bridgehead atoms. The van der Waals surface area contributed by atoms with Crippen molar-refractivity contribution in [3.63, 3.8) is 0 Å². The van der Waals surface area contributed by atoms with Crippen LogP contribution in [0.1, 0.15) is 15.9 Å². The molecule has 0 unspecified atom stereocenters. The summed E-state index contributed by atoms with van der Waals surface area (Å²) in [6.07, 6.45) is 3.61. The van der Waals surface area contributed by atoms with Gasteiger partial charge >= 0.3 is 0 Å². The Balaban J connectivity index is 1.66. The van der Waals surface area contributed by atoms with Gasteiger partial charge in [0.15, 0.2) is 5.76 Å². The molecule has 31 heavy (non-hydrogen) atoms. The van der Waals surface area contributed by atoms with Gasteiger partial charge in [-0.2, -0.15) is 0 Å². The van der Waals surface area contributed by atoms with Gasteiger partial charge in [-0.3, -0.25) is 4.79 Å². The second kappa shape index (κ2) is 6.95. The molecule has 1 aliphatic heterocycles. The normalized spacial score (nSPS) is 14.1. The number of fused-ring (bicyclic) bond motifs is 2. The number of allylic oxidation sites excluding steroid dienone is 1. The highest BCUT2D eigenvalue weighted by molar-refractivity contribution is 6.17. The van der Waals surface area contributed by atoms with Crippen LogP contribution in [0.25, 0.3) is 28.1 Å². The van der Waals surface area contributed by atoms with Crippen LogP contribution in [0.15, 0.2) is 66.6 Å². The number of ether oxygens (including phenoxy) is 2. The third kappa shape index (κ3) is 3.00. The maximum Gasteiger partial charge on any atom is 0.235 e. The zero-order valence-corrected chi connectivity index (χ0v) is 16.9. The van der Waals surface area contributed by atoms with E-state index in [1.54, 1.807) is 13.2 Å². The fourth-order valence-electron chi connectivity index (χ4n) is 4.02. The van der Waals surface area contributed by atoms with Crippen molar-refractivity contribution in [2.24, 2.45) is 7.05 Å². The topological polar surface area (TPSA) is 80.9 Å². The van der Waals surface area contributed by atoms with E-state index in [4.69, 9.17) is 9.47 Å². The van der Waals surface area contributed by atoms with Crippen molar-refractivity contribution in [3.05, 3.63) is 77.7 Å². The van der Waals surface area contributed by atoms with Gasteiger partial charge in [0, 0.05) is 41.8 Å². The van der Waals surface area contributed by atoms with Crippen molar-refractivity contribution in [1.29, 1.82) is 0 Å². The standard InChI is InChI=1S/C25H19NO5/c1-26-13-15(10-22-25(29)24-20(28)11-16(27)12-21(24)31-22)23-18(4-3-5-19(23)26)14-6-8-17(30-2)9-7-14/h3-13,27-28H,1-2H3. The number of hydrogen-bond acceptors (Lipinski definition) is 5. The summed E-state index contributed by atoms with van der Waals surface area (Å²) in [5.74, 6) is 0.110. The van der Waals surface area contributed by atoms with Gasteiger partial charge in [-0.25, -0.2) is 0 Å². The maximum atomic E-state index is 12.8. The van der Waals surface area contributed by atoms with Crippen molar-refractivity contribution in [3.8, 4) is 34.1 Å². The van der Waals surface area contributed by atoms with Gasteiger partial charge in [0.05, 0.1) is 7.11 Å².